The molecular formula is C22H31N5O. The van der Waals surface area contributed by atoms with Crippen LogP contribution >= 0.6 is 0 Å². The summed E-state index contributed by atoms with van der Waals surface area (Å²) in [4.78, 5) is 22.0. The first-order valence-electron chi connectivity index (χ1n) is 9.99. The van der Waals surface area contributed by atoms with Gasteiger partial charge in [0.15, 0.2) is 0 Å². The van der Waals surface area contributed by atoms with Crippen LogP contribution in [0.25, 0.3) is 0 Å². The number of aromatic nitrogens is 1. The number of hydrogen-bond donors (Lipinski definition) is 1. The SMILES string of the molecule is CC(N)CCc1ccc(CN2CCN(c3ccncc3)CC2)cc1N(C)C=O. The standard InChI is InChI=1S/C22H31N5O/c1-18(23)3-5-20-6-4-19(15-22(20)25(2)17-28)16-26-11-13-27(14-12-26)21-7-9-24-10-8-21/h4,6-10,15,17-18H,3,5,11-14,16,23H2,1-2H3. The Balaban J connectivity index is 1.63. The van der Waals surface area contributed by atoms with Crippen LogP contribution in [0.2, 0.25) is 0 Å². The van der Waals surface area contributed by atoms with Gasteiger partial charge in [0.1, 0.15) is 0 Å². The molecule has 1 aliphatic rings. The molecule has 0 bridgehead atoms. The van der Waals surface area contributed by atoms with Gasteiger partial charge in [-0.05, 0) is 49.1 Å². The van der Waals surface area contributed by atoms with Crippen LogP contribution in [0, 0.1) is 0 Å². The molecule has 1 amide bonds. The van der Waals surface area contributed by atoms with E-state index in [1.165, 1.54) is 16.8 Å². The maximum Gasteiger partial charge on any atom is 0.213 e. The van der Waals surface area contributed by atoms with E-state index >= 15 is 0 Å². The Bertz CT molecular complexity index is 757. The van der Waals surface area contributed by atoms with Crippen molar-refractivity contribution in [3.63, 3.8) is 0 Å². The molecule has 2 N–H and O–H groups in total. The molecule has 1 aromatic carbocycles. The van der Waals surface area contributed by atoms with Gasteiger partial charge in [-0.15, -0.1) is 0 Å². The van der Waals surface area contributed by atoms with Crippen LogP contribution in [0.1, 0.15) is 24.5 Å². The van der Waals surface area contributed by atoms with E-state index in [0.717, 1.165) is 57.7 Å². The number of pyridine rings is 1. The van der Waals surface area contributed by atoms with Gasteiger partial charge in [0.2, 0.25) is 6.41 Å². The minimum absolute atomic E-state index is 0.158. The van der Waals surface area contributed by atoms with Crippen LogP contribution in [-0.4, -0.2) is 55.6 Å². The van der Waals surface area contributed by atoms with Crippen molar-refractivity contribution in [1.82, 2.24) is 9.88 Å². The Labute approximate surface area is 167 Å². The highest BCUT2D eigenvalue weighted by Gasteiger charge is 2.18. The van der Waals surface area contributed by atoms with E-state index in [1.54, 1.807) is 4.90 Å². The molecule has 6 heteroatoms. The number of rotatable bonds is 8. The molecule has 1 fully saturated rings. The second-order valence-electron chi connectivity index (χ2n) is 7.66. The fraction of sp³-hybridized carbons (Fsp3) is 0.455. The normalized spacial score (nSPS) is 16.0. The third kappa shape index (κ3) is 5.30. The predicted octanol–water partition coefficient (Wildman–Crippen LogP) is 2.28. The third-order valence-corrected chi connectivity index (χ3v) is 5.36. The van der Waals surface area contributed by atoms with Gasteiger partial charge in [0, 0.05) is 69.6 Å². The lowest BCUT2D eigenvalue weighted by Gasteiger charge is -2.36. The Morgan fingerprint density at radius 1 is 1.18 bits per heavy atom. The molecule has 0 spiro atoms. The van der Waals surface area contributed by atoms with Crippen molar-refractivity contribution in [2.45, 2.75) is 32.4 Å². The lowest BCUT2D eigenvalue weighted by atomic mass is 10.0. The van der Waals surface area contributed by atoms with E-state index in [1.807, 2.05) is 26.4 Å². The number of anilines is 2. The number of hydrogen-bond acceptors (Lipinski definition) is 5. The van der Waals surface area contributed by atoms with E-state index in [9.17, 15) is 4.79 Å². The van der Waals surface area contributed by atoms with Crippen molar-refractivity contribution in [2.75, 3.05) is 43.0 Å². The van der Waals surface area contributed by atoms with Gasteiger partial charge < -0.3 is 15.5 Å². The largest absolute Gasteiger partial charge is 0.369 e. The summed E-state index contributed by atoms with van der Waals surface area (Å²) in [6.07, 6.45) is 6.37. The first-order valence-corrected chi connectivity index (χ1v) is 9.99. The molecule has 0 aliphatic carbocycles. The highest BCUT2D eigenvalue weighted by atomic mass is 16.1. The summed E-state index contributed by atoms with van der Waals surface area (Å²) in [6.45, 7) is 6.98. The van der Waals surface area contributed by atoms with Crippen molar-refractivity contribution < 1.29 is 4.79 Å². The van der Waals surface area contributed by atoms with E-state index in [-0.39, 0.29) is 6.04 Å². The number of amides is 1. The maximum atomic E-state index is 11.3. The van der Waals surface area contributed by atoms with Crippen molar-refractivity contribution in [1.29, 1.82) is 0 Å². The second kappa shape index (κ2) is 9.66. The minimum atomic E-state index is 0.158. The molecule has 1 aromatic heterocycles. The molecule has 6 nitrogen and oxygen atoms in total. The molecule has 3 rings (SSSR count). The Morgan fingerprint density at radius 3 is 2.54 bits per heavy atom. The highest BCUT2D eigenvalue weighted by Crippen LogP contribution is 2.24. The highest BCUT2D eigenvalue weighted by molar-refractivity contribution is 5.76. The lowest BCUT2D eigenvalue weighted by Crippen LogP contribution is -2.46. The second-order valence-corrected chi connectivity index (χ2v) is 7.66. The smallest absolute Gasteiger partial charge is 0.213 e. The zero-order valence-corrected chi connectivity index (χ0v) is 16.9. The van der Waals surface area contributed by atoms with Crippen LogP contribution in [0.5, 0.6) is 0 Å². The molecule has 2 heterocycles. The van der Waals surface area contributed by atoms with E-state index in [0.29, 0.717) is 0 Å². The number of carbonyl (C=O) groups is 1. The molecule has 150 valence electrons. The molecule has 1 atom stereocenters. The molecule has 1 aliphatic heterocycles. The Hall–Kier alpha value is -2.44. The summed E-state index contributed by atoms with van der Waals surface area (Å²) < 4.78 is 0. The molecular weight excluding hydrogens is 350 g/mol. The first kappa shape index (κ1) is 20.3. The number of carbonyl (C=O) groups excluding carboxylic acids is 1. The van der Waals surface area contributed by atoms with Gasteiger partial charge in [-0.3, -0.25) is 14.7 Å². The van der Waals surface area contributed by atoms with Crippen LogP contribution < -0.4 is 15.5 Å². The Kier molecular flexibility index (Phi) is 7.01. The summed E-state index contributed by atoms with van der Waals surface area (Å²) >= 11 is 0. The number of aryl methyl sites for hydroxylation is 1. The average Bonchev–Trinajstić information content (AvgIpc) is 2.73. The summed E-state index contributed by atoms with van der Waals surface area (Å²) in [6, 6.07) is 10.8. The molecule has 1 unspecified atom stereocenters. The average molecular weight is 382 g/mol. The zero-order chi connectivity index (χ0) is 19.9. The number of nitrogens with zero attached hydrogens (tertiary/aromatic N) is 4. The van der Waals surface area contributed by atoms with Crippen LogP contribution in [0.4, 0.5) is 11.4 Å². The molecule has 2 aromatic rings. The lowest BCUT2D eigenvalue weighted by molar-refractivity contribution is -0.107. The van der Waals surface area contributed by atoms with E-state index in [4.69, 9.17) is 5.73 Å². The van der Waals surface area contributed by atoms with Crippen LogP contribution in [0.15, 0.2) is 42.7 Å². The fourth-order valence-corrected chi connectivity index (χ4v) is 3.66. The van der Waals surface area contributed by atoms with Gasteiger partial charge in [0.25, 0.3) is 0 Å². The number of piperazine rings is 1. The van der Waals surface area contributed by atoms with Crippen molar-refractivity contribution in [3.05, 3.63) is 53.9 Å². The van der Waals surface area contributed by atoms with Crippen LogP contribution in [-0.2, 0) is 17.8 Å². The Morgan fingerprint density at radius 2 is 1.89 bits per heavy atom. The van der Waals surface area contributed by atoms with E-state index < -0.39 is 0 Å². The summed E-state index contributed by atoms with van der Waals surface area (Å²) in [7, 11) is 1.81. The van der Waals surface area contributed by atoms with Crippen molar-refractivity contribution >= 4 is 17.8 Å². The number of nitrogens with two attached hydrogens (primary N) is 1. The van der Waals surface area contributed by atoms with Gasteiger partial charge in [-0.25, -0.2) is 0 Å². The van der Waals surface area contributed by atoms with Gasteiger partial charge in [-0.1, -0.05) is 12.1 Å². The first-order chi connectivity index (χ1) is 13.6. The monoisotopic (exact) mass is 381 g/mol. The molecule has 0 saturated carbocycles. The number of benzene rings is 1. The maximum absolute atomic E-state index is 11.3. The fourth-order valence-electron chi connectivity index (χ4n) is 3.66. The van der Waals surface area contributed by atoms with Crippen LogP contribution in [0.3, 0.4) is 0 Å². The third-order valence-electron chi connectivity index (χ3n) is 5.36. The van der Waals surface area contributed by atoms with Gasteiger partial charge in [-0.2, -0.15) is 0 Å². The van der Waals surface area contributed by atoms with Crippen molar-refractivity contribution in [3.8, 4) is 0 Å². The molecule has 1 saturated heterocycles. The van der Waals surface area contributed by atoms with E-state index in [2.05, 4.69) is 45.1 Å². The quantitative estimate of drug-likeness (QED) is 0.711. The molecule has 28 heavy (non-hydrogen) atoms. The summed E-state index contributed by atoms with van der Waals surface area (Å²) in [5.74, 6) is 0. The van der Waals surface area contributed by atoms with Gasteiger partial charge >= 0.3 is 0 Å². The van der Waals surface area contributed by atoms with Gasteiger partial charge in [0.05, 0.1) is 0 Å². The minimum Gasteiger partial charge on any atom is -0.369 e. The zero-order valence-electron chi connectivity index (χ0n) is 16.9. The summed E-state index contributed by atoms with van der Waals surface area (Å²) in [5, 5.41) is 0. The predicted molar refractivity (Wildman–Crippen MR) is 115 cm³/mol. The topological polar surface area (TPSA) is 65.7 Å². The molecule has 0 radical (unpaired) electrons. The van der Waals surface area contributed by atoms with Crippen molar-refractivity contribution in [2.24, 2.45) is 5.73 Å². The summed E-state index contributed by atoms with van der Waals surface area (Å²) in [5.41, 5.74) is 10.6.